The van der Waals surface area contributed by atoms with E-state index in [0.717, 1.165) is 0 Å². The normalized spacial score (nSPS) is 28.8. The summed E-state index contributed by atoms with van der Waals surface area (Å²) in [7, 11) is 0. The number of ketones is 2. The second-order valence-corrected chi connectivity index (χ2v) is 9.56. The van der Waals surface area contributed by atoms with Gasteiger partial charge in [0, 0.05) is 18.3 Å². The van der Waals surface area contributed by atoms with Crippen molar-refractivity contribution in [2.24, 2.45) is 17.6 Å². The number of aliphatic hydroxyl groups is 4. The number of aliphatic hydroxyl groups excluding tert-OH is 3. The highest BCUT2D eigenvalue weighted by atomic mass is 16.7. The summed E-state index contributed by atoms with van der Waals surface area (Å²) >= 11 is 0. The minimum Gasteiger partial charge on any atom is -0.508 e. The van der Waals surface area contributed by atoms with Gasteiger partial charge in [0.05, 0.1) is 17.2 Å². The summed E-state index contributed by atoms with van der Waals surface area (Å²) in [6.45, 7) is 0.0429. The molecule has 2 aromatic carbocycles. The first-order chi connectivity index (χ1) is 18.1. The molecule has 0 spiro atoms. The van der Waals surface area contributed by atoms with Crippen LogP contribution in [-0.2, 0) is 9.59 Å². The van der Waals surface area contributed by atoms with E-state index < -0.39 is 75.8 Å². The molecule has 0 saturated heterocycles. The van der Waals surface area contributed by atoms with Gasteiger partial charge in [-0.1, -0.05) is 24.3 Å². The number of carbonyl (C=O) groups is 3. The fraction of sp³-hybridized carbons (Fsp3) is 0.222. The van der Waals surface area contributed by atoms with E-state index in [2.05, 4.69) is 0 Å². The van der Waals surface area contributed by atoms with Crippen LogP contribution >= 0.6 is 0 Å². The van der Waals surface area contributed by atoms with E-state index in [0.29, 0.717) is 22.6 Å². The van der Waals surface area contributed by atoms with Gasteiger partial charge in [0.15, 0.2) is 28.7 Å². The van der Waals surface area contributed by atoms with Crippen molar-refractivity contribution in [1.82, 2.24) is 0 Å². The van der Waals surface area contributed by atoms with Crippen molar-refractivity contribution in [2.45, 2.75) is 18.1 Å². The van der Waals surface area contributed by atoms with Crippen LogP contribution in [0.4, 0.5) is 0 Å². The number of Topliss-reactive ketones (excluding diaryl/α,β-unsaturated/α-hetero) is 2. The quantitative estimate of drug-likeness (QED) is 0.314. The molecule has 0 bridgehead atoms. The number of carbonyl (C=O) groups excluding carboxylic acids is 3. The largest absolute Gasteiger partial charge is 0.508 e. The Hall–Kier alpha value is -4.61. The molecule has 11 nitrogen and oxygen atoms in total. The third-order valence-electron chi connectivity index (χ3n) is 7.62. The Bertz CT molecular complexity index is 1570. The Balaban J connectivity index is 1.64. The Kier molecular flexibility index (Phi) is 4.97. The van der Waals surface area contributed by atoms with Crippen molar-refractivity contribution in [1.29, 1.82) is 0 Å². The monoisotopic (exact) mass is 519 g/mol. The molecule has 0 unspecified atom stereocenters. The number of nitrogens with two attached hydrogens (primary N) is 1. The average molecular weight is 519 g/mol. The number of benzene rings is 2. The lowest BCUT2D eigenvalue weighted by molar-refractivity contribution is -0.135. The summed E-state index contributed by atoms with van der Waals surface area (Å²) in [6.07, 6.45) is -0.717. The Morgan fingerprint density at radius 1 is 1.05 bits per heavy atom. The lowest BCUT2D eigenvalue weighted by Gasteiger charge is -2.49. The first-order valence-electron chi connectivity index (χ1n) is 11.6. The molecule has 1 aliphatic heterocycles. The van der Waals surface area contributed by atoms with E-state index in [-0.39, 0.29) is 17.9 Å². The molecule has 0 aromatic heterocycles. The Labute approximate surface area is 214 Å². The van der Waals surface area contributed by atoms with Gasteiger partial charge in [-0.25, -0.2) is 0 Å². The van der Waals surface area contributed by atoms with Crippen molar-refractivity contribution < 1.29 is 49.4 Å². The molecule has 7 N–H and O–H groups in total. The minimum atomic E-state index is -2.84. The van der Waals surface area contributed by atoms with Gasteiger partial charge in [0.2, 0.25) is 6.79 Å². The van der Waals surface area contributed by atoms with E-state index in [1.54, 1.807) is 30.3 Å². The molecule has 194 valence electrons. The zero-order valence-corrected chi connectivity index (χ0v) is 19.5. The van der Waals surface area contributed by atoms with Crippen LogP contribution < -0.4 is 15.2 Å². The number of phenolic OH excluding ortho intramolecular Hbond substituents is 1. The van der Waals surface area contributed by atoms with Gasteiger partial charge in [-0.05, 0) is 34.9 Å². The predicted molar refractivity (Wildman–Crippen MR) is 129 cm³/mol. The van der Waals surface area contributed by atoms with Crippen LogP contribution in [0.1, 0.15) is 27.9 Å². The van der Waals surface area contributed by atoms with Crippen LogP contribution in [0.25, 0.3) is 11.6 Å². The number of amides is 1. The number of ether oxygens (including phenoxy) is 2. The van der Waals surface area contributed by atoms with Crippen LogP contribution in [0.5, 0.6) is 17.2 Å². The number of primary amides is 1. The van der Waals surface area contributed by atoms with Gasteiger partial charge in [-0.3, -0.25) is 14.4 Å². The van der Waals surface area contributed by atoms with Crippen LogP contribution in [0.2, 0.25) is 0 Å². The molecule has 38 heavy (non-hydrogen) atoms. The van der Waals surface area contributed by atoms with Gasteiger partial charge < -0.3 is 40.7 Å². The van der Waals surface area contributed by atoms with E-state index in [1.807, 2.05) is 0 Å². The number of hydrogen-bond donors (Lipinski definition) is 6. The summed E-state index contributed by atoms with van der Waals surface area (Å²) in [5.41, 5.74) is 1.88. The molecule has 11 heteroatoms. The standard InChI is InChI=1S/C27H21NO10/c28-26(35)20-15(30)8-13-22(31)19-12(6-10-4-5-16-17(7-10)38-9-37-16)11-2-1-3-14(29)18(11)23(32)21(19)25(34)27(13,36)24(20)33/h1-7,13,19,22,29,31,33-34,36H,8-9H2,(H2,28,35)/b12-6+/t13-,19-,22-,27-/m1/s1. The molecule has 0 saturated carbocycles. The van der Waals surface area contributed by atoms with Crippen molar-refractivity contribution in [3.05, 3.63) is 75.8 Å². The molecule has 4 aliphatic rings. The van der Waals surface area contributed by atoms with Gasteiger partial charge in [0.25, 0.3) is 5.91 Å². The SMILES string of the molecule is NC(=O)C1=C(O)[C@@]2(O)C(O)=C3C(=O)c4c(O)cccc4/C(=C\c4ccc5c(c4)OCO5)[C@H]3[C@H](O)[C@H]2CC1=O. The number of rotatable bonds is 2. The molecule has 0 fully saturated rings. The maximum Gasteiger partial charge on any atom is 0.255 e. The molecule has 1 heterocycles. The molecule has 3 aliphatic carbocycles. The third kappa shape index (κ3) is 2.99. The second kappa shape index (κ2) is 7.94. The van der Waals surface area contributed by atoms with Crippen LogP contribution in [0.15, 0.2) is 59.1 Å². The second-order valence-electron chi connectivity index (χ2n) is 9.56. The van der Waals surface area contributed by atoms with Gasteiger partial charge >= 0.3 is 0 Å². The number of phenols is 1. The minimum absolute atomic E-state index is 0.0429. The van der Waals surface area contributed by atoms with Crippen LogP contribution in [0, 0.1) is 11.8 Å². The summed E-state index contributed by atoms with van der Waals surface area (Å²) < 4.78 is 10.8. The highest BCUT2D eigenvalue weighted by Gasteiger charge is 2.62. The van der Waals surface area contributed by atoms with Crippen molar-refractivity contribution >= 4 is 29.1 Å². The Morgan fingerprint density at radius 3 is 2.53 bits per heavy atom. The lowest BCUT2D eigenvalue weighted by atomic mass is 9.58. The fourth-order valence-corrected chi connectivity index (χ4v) is 5.87. The maximum atomic E-state index is 13.7. The van der Waals surface area contributed by atoms with Gasteiger partial charge in [0.1, 0.15) is 22.8 Å². The van der Waals surface area contributed by atoms with Gasteiger partial charge in [-0.15, -0.1) is 0 Å². The number of hydrogen-bond acceptors (Lipinski definition) is 10. The number of fused-ring (bicyclic) bond motifs is 4. The van der Waals surface area contributed by atoms with Gasteiger partial charge in [-0.2, -0.15) is 0 Å². The summed E-state index contributed by atoms with van der Waals surface area (Å²) in [6, 6.07) is 9.37. The highest BCUT2D eigenvalue weighted by molar-refractivity contribution is 6.21. The summed E-state index contributed by atoms with van der Waals surface area (Å²) in [5.74, 6) is -7.69. The van der Waals surface area contributed by atoms with E-state index in [9.17, 15) is 39.9 Å². The highest BCUT2D eigenvalue weighted by Crippen LogP contribution is 2.55. The molecular weight excluding hydrogens is 498 g/mol. The van der Waals surface area contributed by atoms with Crippen LogP contribution in [0.3, 0.4) is 0 Å². The molecule has 6 rings (SSSR count). The zero-order valence-electron chi connectivity index (χ0n) is 19.5. The summed E-state index contributed by atoms with van der Waals surface area (Å²) in [4.78, 5) is 38.2. The molecule has 2 aromatic rings. The van der Waals surface area contributed by atoms with E-state index in [4.69, 9.17) is 15.2 Å². The third-order valence-corrected chi connectivity index (χ3v) is 7.62. The Morgan fingerprint density at radius 2 is 1.79 bits per heavy atom. The summed E-state index contributed by atoms with van der Waals surface area (Å²) in [5, 5.41) is 55.7. The smallest absolute Gasteiger partial charge is 0.255 e. The molecule has 1 amide bonds. The lowest BCUT2D eigenvalue weighted by Crippen LogP contribution is -2.59. The molecule has 0 radical (unpaired) electrons. The molecular formula is C27H21NO10. The molecule has 4 atom stereocenters. The zero-order chi connectivity index (χ0) is 27.1. The average Bonchev–Trinajstić information content (AvgIpc) is 3.34. The van der Waals surface area contributed by atoms with Crippen molar-refractivity contribution in [3.8, 4) is 17.2 Å². The topological polar surface area (TPSA) is 197 Å². The van der Waals surface area contributed by atoms with E-state index in [1.165, 1.54) is 12.1 Å². The van der Waals surface area contributed by atoms with Crippen LogP contribution in [-0.4, -0.2) is 61.5 Å². The predicted octanol–water partition coefficient (Wildman–Crippen LogP) is 1.28. The number of aromatic hydroxyl groups is 1. The first kappa shape index (κ1) is 23.8. The fourth-order valence-electron chi connectivity index (χ4n) is 5.87. The van der Waals surface area contributed by atoms with E-state index >= 15 is 0 Å². The maximum absolute atomic E-state index is 13.7. The van der Waals surface area contributed by atoms with Crippen molar-refractivity contribution in [3.63, 3.8) is 0 Å². The van der Waals surface area contributed by atoms with Crippen molar-refractivity contribution in [2.75, 3.05) is 6.79 Å². The first-order valence-corrected chi connectivity index (χ1v) is 11.6.